The topological polar surface area (TPSA) is 140 Å². The zero-order valence-electron chi connectivity index (χ0n) is 17.0. The minimum atomic E-state index is -3.57. The molecule has 3 aromatic rings. The summed E-state index contributed by atoms with van der Waals surface area (Å²) in [7, 11) is -3.57. The Labute approximate surface area is 183 Å². The van der Waals surface area contributed by atoms with E-state index in [1.165, 1.54) is 24.4 Å². The van der Waals surface area contributed by atoms with Crippen LogP contribution in [0.15, 0.2) is 53.7 Å². The Bertz CT molecular complexity index is 1340. The first-order valence-corrected chi connectivity index (χ1v) is 11.6. The third-order valence-corrected chi connectivity index (χ3v) is 6.61. The molecule has 0 bridgehead atoms. The second-order valence-corrected chi connectivity index (χ2v) is 9.45. The van der Waals surface area contributed by atoms with Crippen LogP contribution in [0.25, 0.3) is 10.8 Å². The summed E-state index contributed by atoms with van der Waals surface area (Å²) >= 11 is 0. The molecule has 0 saturated carbocycles. The molecule has 11 nitrogen and oxygen atoms in total. The maximum absolute atomic E-state index is 11.8. The van der Waals surface area contributed by atoms with Gasteiger partial charge in [-0.3, -0.25) is 25.2 Å². The van der Waals surface area contributed by atoms with Crippen molar-refractivity contribution in [2.75, 3.05) is 42.2 Å². The summed E-state index contributed by atoms with van der Waals surface area (Å²) in [6, 6.07) is 8.84. The number of nitro benzene ring substituents is 2. The van der Waals surface area contributed by atoms with Gasteiger partial charge in [-0.1, -0.05) is 0 Å². The van der Waals surface area contributed by atoms with Crippen molar-refractivity contribution in [1.29, 1.82) is 0 Å². The van der Waals surface area contributed by atoms with Gasteiger partial charge < -0.3 is 9.80 Å². The first kappa shape index (κ1) is 21.4. The van der Waals surface area contributed by atoms with E-state index < -0.39 is 19.7 Å². The number of benzene rings is 2. The number of hydrogen-bond acceptors (Lipinski definition) is 9. The predicted octanol–water partition coefficient (Wildman–Crippen LogP) is 2.78. The van der Waals surface area contributed by atoms with Crippen LogP contribution in [0, 0.1) is 20.2 Å². The number of non-ortho nitro benzene ring substituents is 1. The largest absolute Gasteiger partial charge is 0.367 e. The van der Waals surface area contributed by atoms with Gasteiger partial charge in [0, 0.05) is 68.0 Å². The molecule has 166 valence electrons. The van der Waals surface area contributed by atoms with E-state index in [1.807, 2.05) is 4.90 Å². The Morgan fingerprint density at radius 1 is 0.844 bits per heavy atom. The molecule has 2 aromatic carbocycles. The van der Waals surface area contributed by atoms with E-state index in [2.05, 4.69) is 9.88 Å². The number of sulfone groups is 1. The second kappa shape index (κ2) is 8.04. The number of nitrogens with zero attached hydrogens (tertiary/aromatic N) is 5. The van der Waals surface area contributed by atoms with Gasteiger partial charge in [-0.25, -0.2) is 8.42 Å². The minimum Gasteiger partial charge on any atom is -0.367 e. The molecule has 1 aliphatic rings. The van der Waals surface area contributed by atoms with Crippen LogP contribution in [0.2, 0.25) is 0 Å². The molecule has 0 radical (unpaired) electrons. The third kappa shape index (κ3) is 3.91. The number of piperazine rings is 1. The van der Waals surface area contributed by atoms with Crippen LogP contribution >= 0.6 is 0 Å². The van der Waals surface area contributed by atoms with Crippen molar-refractivity contribution in [3.05, 3.63) is 69.0 Å². The highest BCUT2D eigenvalue weighted by molar-refractivity contribution is 7.90. The lowest BCUT2D eigenvalue weighted by Gasteiger charge is -2.37. The van der Waals surface area contributed by atoms with Gasteiger partial charge in [-0.2, -0.15) is 0 Å². The standard InChI is InChI=1S/C20H19N5O6S/c1-32(30,31)14-2-3-19(20(12-14)25(28)29)23-10-8-22(9-11-23)17-4-5-18(24(26)27)16-13-21-7-6-15(16)17/h2-7,12-13H,8-11H2,1H3. The van der Waals surface area contributed by atoms with Gasteiger partial charge >= 0.3 is 0 Å². The van der Waals surface area contributed by atoms with Crippen molar-refractivity contribution in [3.8, 4) is 0 Å². The van der Waals surface area contributed by atoms with Crippen LogP contribution in [-0.4, -0.2) is 55.7 Å². The van der Waals surface area contributed by atoms with Gasteiger partial charge in [-0.15, -0.1) is 0 Å². The summed E-state index contributed by atoms with van der Waals surface area (Å²) in [4.78, 5) is 29.7. The maximum atomic E-state index is 11.8. The third-order valence-electron chi connectivity index (χ3n) is 5.50. The van der Waals surface area contributed by atoms with Crippen LogP contribution in [0.3, 0.4) is 0 Å². The van der Waals surface area contributed by atoms with Crippen LogP contribution < -0.4 is 9.80 Å². The molecule has 12 heteroatoms. The maximum Gasteiger partial charge on any atom is 0.293 e. The lowest BCUT2D eigenvalue weighted by molar-refractivity contribution is -0.384. The molecule has 0 amide bonds. The Balaban J connectivity index is 1.62. The zero-order chi connectivity index (χ0) is 23.0. The van der Waals surface area contributed by atoms with E-state index in [-0.39, 0.29) is 16.3 Å². The molecule has 32 heavy (non-hydrogen) atoms. The summed E-state index contributed by atoms with van der Waals surface area (Å²) < 4.78 is 23.6. The fourth-order valence-corrected chi connectivity index (χ4v) is 4.57. The molecule has 0 aliphatic carbocycles. The average molecular weight is 457 g/mol. The highest BCUT2D eigenvalue weighted by Crippen LogP contribution is 2.35. The van der Waals surface area contributed by atoms with Crippen LogP contribution in [0.5, 0.6) is 0 Å². The highest BCUT2D eigenvalue weighted by atomic mass is 32.2. The van der Waals surface area contributed by atoms with E-state index in [0.717, 1.165) is 18.0 Å². The summed E-state index contributed by atoms with van der Waals surface area (Å²) in [5, 5.41) is 24.1. The average Bonchev–Trinajstić information content (AvgIpc) is 2.77. The molecule has 0 atom stereocenters. The predicted molar refractivity (Wildman–Crippen MR) is 119 cm³/mol. The number of anilines is 2. The molecule has 0 N–H and O–H groups in total. The molecule has 1 saturated heterocycles. The Morgan fingerprint density at radius 3 is 2.03 bits per heavy atom. The lowest BCUT2D eigenvalue weighted by Crippen LogP contribution is -2.46. The van der Waals surface area contributed by atoms with Crippen molar-refractivity contribution in [2.45, 2.75) is 4.90 Å². The summed E-state index contributed by atoms with van der Waals surface area (Å²) in [6.07, 6.45) is 4.06. The van der Waals surface area contributed by atoms with Crippen molar-refractivity contribution < 1.29 is 18.3 Å². The van der Waals surface area contributed by atoms with Gasteiger partial charge in [0.15, 0.2) is 9.84 Å². The first-order chi connectivity index (χ1) is 15.2. The molecule has 1 aliphatic heterocycles. The summed E-state index contributed by atoms with van der Waals surface area (Å²) in [6.45, 7) is 1.98. The Kier molecular flexibility index (Phi) is 5.38. The lowest BCUT2D eigenvalue weighted by atomic mass is 10.1. The number of rotatable bonds is 5. The molecule has 1 aromatic heterocycles. The number of nitro groups is 2. The molecule has 4 rings (SSSR count). The molecule has 2 heterocycles. The Hall–Kier alpha value is -3.80. The van der Waals surface area contributed by atoms with Crippen molar-refractivity contribution in [3.63, 3.8) is 0 Å². The summed E-state index contributed by atoms with van der Waals surface area (Å²) in [5.74, 6) is 0. The van der Waals surface area contributed by atoms with E-state index >= 15 is 0 Å². The van der Waals surface area contributed by atoms with Gasteiger partial charge in [0.1, 0.15) is 5.69 Å². The van der Waals surface area contributed by atoms with Crippen molar-refractivity contribution in [1.82, 2.24) is 4.98 Å². The molecule has 1 fully saturated rings. The van der Waals surface area contributed by atoms with E-state index in [1.54, 1.807) is 18.3 Å². The monoisotopic (exact) mass is 457 g/mol. The smallest absolute Gasteiger partial charge is 0.293 e. The van der Waals surface area contributed by atoms with E-state index in [0.29, 0.717) is 42.6 Å². The van der Waals surface area contributed by atoms with Crippen molar-refractivity contribution >= 4 is 43.4 Å². The highest BCUT2D eigenvalue weighted by Gasteiger charge is 2.27. The molecular weight excluding hydrogens is 438 g/mol. The SMILES string of the molecule is CS(=O)(=O)c1ccc(N2CCN(c3ccc([N+](=O)[O-])c4cnccc34)CC2)c([N+](=O)[O-])c1. The van der Waals surface area contributed by atoms with Gasteiger partial charge in [0.25, 0.3) is 11.4 Å². The van der Waals surface area contributed by atoms with Crippen LogP contribution in [0.1, 0.15) is 0 Å². The zero-order valence-corrected chi connectivity index (χ0v) is 17.9. The van der Waals surface area contributed by atoms with Gasteiger partial charge in [0.05, 0.1) is 20.1 Å². The van der Waals surface area contributed by atoms with Gasteiger partial charge in [-0.05, 0) is 24.3 Å². The number of pyridine rings is 1. The summed E-state index contributed by atoms with van der Waals surface area (Å²) in [5.41, 5.74) is 0.916. The van der Waals surface area contributed by atoms with Crippen molar-refractivity contribution in [2.24, 2.45) is 0 Å². The van der Waals surface area contributed by atoms with Gasteiger partial charge in [0.2, 0.25) is 0 Å². The molecular formula is C20H19N5O6S. The number of fused-ring (bicyclic) bond motifs is 1. The molecule has 0 spiro atoms. The van der Waals surface area contributed by atoms with Crippen LogP contribution in [0.4, 0.5) is 22.7 Å². The fraction of sp³-hybridized carbons (Fsp3) is 0.250. The number of aromatic nitrogens is 1. The Morgan fingerprint density at radius 2 is 1.44 bits per heavy atom. The van der Waals surface area contributed by atoms with E-state index in [9.17, 15) is 28.6 Å². The quantitative estimate of drug-likeness (QED) is 0.418. The first-order valence-electron chi connectivity index (χ1n) is 9.66. The van der Waals surface area contributed by atoms with E-state index in [4.69, 9.17) is 0 Å². The van der Waals surface area contributed by atoms with Crippen LogP contribution in [-0.2, 0) is 9.84 Å². The minimum absolute atomic E-state index is 0.0166. The normalized spacial score (nSPS) is 14.5. The second-order valence-electron chi connectivity index (χ2n) is 7.44. The fourth-order valence-electron chi connectivity index (χ4n) is 3.93. The molecule has 0 unspecified atom stereocenters. The number of hydrogen-bond donors (Lipinski definition) is 0.